The fourth-order valence-electron chi connectivity index (χ4n) is 4.50. The van der Waals surface area contributed by atoms with Gasteiger partial charge in [-0.05, 0) is 62.6 Å². The molecule has 1 fully saturated rings. The van der Waals surface area contributed by atoms with E-state index in [9.17, 15) is 18.0 Å². The van der Waals surface area contributed by atoms with Gasteiger partial charge in [0, 0.05) is 24.0 Å². The first-order valence-electron chi connectivity index (χ1n) is 11.9. The van der Waals surface area contributed by atoms with Gasteiger partial charge in [0.2, 0.25) is 15.9 Å². The van der Waals surface area contributed by atoms with Gasteiger partial charge < -0.3 is 10.1 Å². The van der Waals surface area contributed by atoms with Crippen molar-refractivity contribution in [2.75, 3.05) is 25.5 Å². The highest BCUT2D eigenvalue weighted by Gasteiger charge is 2.32. The van der Waals surface area contributed by atoms with Crippen LogP contribution < -0.4 is 5.32 Å². The normalized spacial score (nSPS) is 14.9. The highest BCUT2D eigenvalue weighted by molar-refractivity contribution is 7.89. The predicted molar refractivity (Wildman–Crippen MR) is 140 cm³/mol. The number of aryl methyl sites for hydroxylation is 1. The van der Waals surface area contributed by atoms with Crippen LogP contribution in [0.3, 0.4) is 0 Å². The Kier molecular flexibility index (Phi) is 8.01. The Hall–Kier alpha value is -3.21. The largest absolute Gasteiger partial charge is 0.465 e. The standard InChI is InChI=1S/C26H29ClN4O5S/c1-17-24(18(2)31(29-17)16-20-6-4-5-7-23(20)26(33)36-3)28-25(32)19-12-14-30(15-13-19)37(34,35)22-10-8-21(27)9-11-22/h4-11,19H,12-16H2,1-3H3,(H,28,32). The van der Waals surface area contributed by atoms with E-state index in [1.54, 1.807) is 28.9 Å². The third kappa shape index (κ3) is 5.71. The molecule has 9 nitrogen and oxygen atoms in total. The van der Waals surface area contributed by atoms with Crippen molar-refractivity contribution < 1.29 is 22.7 Å². The van der Waals surface area contributed by atoms with Crippen LogP contribution in [0.1, 0.15) is 40.2 Å². The first-order chi connectivity index (χ1) is 17.6. The fourth-order valence-corrected chi connectivity index (χ4v) is 6.10. The van der Waals surface area contributed by atoms with Gasteiger partial charge in [-0.1, -0.05) is 29.8 Å². The molecule has 1 aliphatic rings. The lowest BCUT2D eigenvalue weighted by Gasteiger charge is -2.30. The number of anilines is 1. The van der Waals surface area contributed by atoms with E-state index in [0.29, 0.717) is 41.4 Å². The predicted octanol–water partition coefficient (Wildman–Crippen LogP) is 4.03. The molecule has 0 aliphatic carbocycles. The first-order valence-corrected chi connectivity index (χ1v) is 13.7. The molecule has 0 bridgehead atoms. The number of methoxy groups -OCH3 is 1. The Morgan fingerprint density at radius 1 is 1.08 bits per heavy atom. The third-order valence-corrected chi connectivity index (χ3v) is 8.81. The van der Waals surface area contributed by atoms with Crippen LogP contribution in [-0.2, 0) is 26.1 Å². The van der Waals surface area contributed by atoms with E-state index >= 15 is 0 Å². The van der Waals surface area contributed by atoms with Crippen LogP contribution >= 0.6 is 11.6 Å². The number of carbonyl (C=O) groups excluding carboxylic acids is 2. The molecule has 4 rings (SSSR count). The van der Waals surface area contributed by atoms with Crippen LogP contribution in [0.2, 0.25) is 5.02 Å². The summed E-state index contributed by atoms with van der Waals surface area (Å²) in [6.45, 7) is 4.52. The van der Waals surface area contributed by atoms with E-state index in [1.807, 2.05) is 26.0 Å². The van der Waals surface area contributed by atoms with Crippen molar-refractivity contribution in [1.29, 1.82) is 0 Å². The van der Waals surface area contributed by atoms with Crippen molar-refractivity contribution >= 4 is 39.2 Å². The number of hydrogen-bond acceptors (Lipinski definition) is 6. The van der Waals surface area contributed by atoms with Crippen LogP contribution in [0.5, 0.6) is 0 Å². The molecule has 1 N–H and O–H groups in total. The molecule has 0 saturated carbocycles. The topological polar surface area (TPSA) is 111 Å². The zero-order valence-corrected chi connectivity index (χ0v) is 22.5. The first kappa shape index (κ1) is 26.8. The second-order valence-electron chi connectivity index (χ2n) is 8.97. The summed E-state index contributed by atoms with van der Waals surface area (Å²) in [6.07, 6.45) is 0.828. The lowest BCUT2D eigenvalue weighted by atomic mass is 9.97. The van der Waals surface area contributed by atoms with Gasteiger partial charge in [-0.25, -0.2) is 13.2 Å². The van der Waals surface area contributed by atoms with Crippen molar-refractivity contribution in [1.82, 2.24) is 14.1 Å². The molecule has 2 heterocycles. The number of nitrogens with zero attached hydrogens (tertiary/aromatic N) is 3. The Bertz CT molecular complexity index is 1410. The smallest absolute Gasteiger partial charge is 0.338 e. The Labute approximate surface area is 221 Å². The molecule has 0 atom stereocenters. The van der Waals surface area contributed by atoms with Gasteiger partial charge >= 0.3 is 5.97 Å². The summed E-state index contributed by atoms with van der Waals surface area (Å²) in [4.78, 5) is 25.4. The Balaban J connectivity index is 1.42. The summed E-state index contributed by atoms with van der Waals surface area (Å²) < 4.78 is 33.9. The van der Waals surface area contributed by atoms with E-state index in [4.69, 9.17) is 16.3 Å². The summed E-state index contributed by atoms with van der Waals surface area (Å²) in [5, 5.41) is 8.03. The van der Waals surface area contributed by atoms with Crippen molar-refractivity contribution in [3.63, 3.8) is 0 Å². The number of aromatic nitrogens is 2. The number of sulfonamides is 1. The average molecular weight is 545 g/mol. The summed E-state index contributed by atoms with van der Waals surface area (Å²) >= 11 is 5.88. The van der Waals surface area contributed by atoms with E-state index in [2.05, 4.69) is 10.4 Å². The lowest BCUT2D eigenvalue weighted by molar-refractivity contribution is -0.120. The van der Waals surface area contributed by atoms with E-state index < -0.39 is 16.0 Å². The molecule has 11 heteroatoms. The Morgan fingerprint density at radius 3 is 2.38 bits per heavy atom. The van der Waals surface area contributed by atoms with Crippen LogP contribution in [-0.4, -0.2) is 54.6 Å². The van der Waals surface area contributed by atoms with E-state index in [0.717, 1.165) is 11.3 Å². The van der Waals surface area contributed by atoms with Crippen molar-refractivity contribution in [2.24, 2.45) is 5.92 Å². The molecular formula is C26H29ClN4O5S. The molecule has 1 saturated heterocycles. The number of nitrogens with one attached hydrogen (secondary N) is 1. The van der Waals surface area contributed by atoms with Crippen molar-refractivity contribution in [3.8, 4) is 0 Å². The lowest BCUT2D eigenvalue weighted by Crippen LogP contribution is -2.41. The molecular weight excluding hydrogens is 516 g/mol. The van der Waals surface area contributed by atoms with E-state index in [-0.39, 0.29) is 29.8 Å². The molecule has 0 spiro atoms. The molecule has 1 amide bonds. The number of rotatable bonds is 7. The SMILES string of the molecule is COC(=O)c1ccccc1Cn1nc(C)c(NC(=O)C2CCN(S(=O)(=O)c3ccc(Cl)cc3)CC2)c1C. The number of carbonyl (C=O) groups is 2. The highest BCUT2D eigenvalue weighted by Crippen LogP contribution is 2.27. The molecule has 1 aromatic heterocycles. The number of hydrogen-bond donors (Lipinski definition) is 1. The molecule has 196 valence electrons. The fraction of sp³-hybridized carbons (Fsp3) is 0.346. The number of amides is 1. The quantitative estimate of drug-likeness (QED) is 0.450. The maximum Gasteiger partial charge on any atom is 0.338 e. The van der Waals surface area contributed by atoms with Crippen LogP contribution in [0.15, 0.2) is 53.4 Å². The zero-order valence-electron chi connectivity index (χ0n) is 20.9. The van der Waals surface area contributed by atoms with Crippen LogP contribution in [0.4, 0.5) is 5.69 Å². The summed E-state index contributed by atoms with van der Waals surface area (Å²) in [5.74, 6) is -0.904. The maximum absolute atomic E-state index is 13.1. The number of halogens is 1. The minimum atomic E-state index is -3.64. The zero-order chi connectivity index (χ0) is 26.7. The highest BCUT2D eigenvalue weighted by atomic mass is 35.5. The monoisotopic (exact) mass is 544 g/mol. The molecule has 2 aromatic carbocycles. The van der Waals surface area contributed by atoms with Gasteiger partial charge in [0.1, 0.15) is 0 Å². The number of piperidine rings is 1. The molecule has 0 radical (unpaired) electrons. The second-order valence-corrected chi connectivity index (χ2v) is 11.3. The van der Waals surface area contributed by atoms with Gasteiger partial charge in [-0.3, -0.25) is 9.48 Å². The van der Waals surface area contributed by atoms with E-state index in [1.165, 1.54) is 23.5 Å². The minimum Gasteiger partial charge on any atom is -0.465 e. The van der Waals surface area contributed by atoms with Gasteiger partial charge in [0.25, 0.3) is 0 Å². The molecule has 1 aliphatic heterocycles. The molecule has 37 heavy (non-hydrogen) atoms. The second kappa shape index (κ2) is 11.0. The Morgan fingerprint density at radius 2 is 1.73 bits per heavy atom. The summed E-state index contributed by atoms with van der Waals surface area (Å²) in [5.41, 5.74) is 3.25. The maximum atomic E-state index is 13.1. The van der Waals surface area contributed by atoms with Gasteiger partial charge in [-0.2, -0.15) is 9.40 Å². The van der Waals surface area contributed by atoms with Gasteiger partial charge in [-0.15, -0.1) is 0 Å². The van der Waals surface area contributed by atoms with Gasteiger partial charge in [0.05, 0.1) is 41.2 Å². The number of ether oxygens (including phenoxy) is 1. The summed E-state index contributed by atoms with van der Waals surface area (Å²) in [7, 11) is -2.30. The third-order valence-electron chi connectivity index (χ3n) is 6.65. The summed E-state index contributed by atoms with van der Waals surface area (Å²) in [6, 6.07) is 13.2. The number of esters is 1. The van der Waals surface area contributed by atoms with Crippen molar-refractivity contribution in [2.45, 2.75) is 38.1 Å². The molecule has 0 unspecified atom stereocenters. The van der Waals surface area contributed by atoms with Gasteiger partial charge in [0.15, 0.2) is 0 Å². The number of benzene rings is 2. The average Bonchev–Trinajstić information content (AvgIpc) is 3.16. The van der Waals surface area contributed by atoms with Crippen LogP contribution in [0, 0.1) is 19.8 Å². The van der Waals surface area contributed by atoms with Crippen molar-refractivity contribution in [3.05, 3.63) is 76.1 Å². The van der Waals surface area contributed by atoms with Crippen LogP contribution in [0.25, 0.3) is 0 Å². The minimum absolute atomic E-state index is 0.163. The molecule has 3 aromatic rings.